The predicted molar refractivity (Wildman–Crippen MR) is 85.8 cm³/mol. The van der Waals surface area contributed by atoms with E-state index < -0.39 is 10.0 Å². The molecule has 0 aliphatic rings. The van der Waals surface area contributed by atoms with Crippen LogP contribution in [0.3, 0.4) is 0 Å². The van der Waals surface area contributed by atoms with Crippen LogP contribution in [0.15, 0.2) is 59.5 Å². The molecule has 5 heteroatoms. The lowest BCUT2D eigenvalue weighted by molar-refractivity contribution is 0.520. The third kappa shape index (κ3) is 3.62. The SMILES string of the molecule is C[C@H](Nc1ccccc1)c1ccc(S(=O)(=O)N(C)C)cc1. The van der Waals surface area contributed by atoms with Crippen molar-refractivity contribution in [3.63, 3.8) is 0 Å². The van der Waals surface area contributed by atoms with Gasteiger partial charge in [-0.05, 0) is 36.8 Å². The van der Waals surface area contributed by atoms with Crippen LogP contribution in [0, 0.1) is 0 Å². The van der Waals surface area contributed by atoms with Crippen molar-refractivity contribution in [2.45, 2.75) is 17.9 Å². The number of benzene rings is 2. The molecule has 0 aliphatic heterocycles. The van der Waals surface area contributed by atoms with Crippen LogP contribution in [0.5, 0.6) is 0 Å². The fourth-order valence-corrected chi connectivity index (χ4v) is 2.91. The minimum Gasteiger partial charge on any atom is -0.379 e. The highest BCUT2D eigenvalue weighted by Crippen LogP contribution is 2.21. The first-order chi connectivity index (χ1) is 9.91. The summed E-state index contributed by atoms with van der Waals surface area (Å²) in [6.45, 7) is 2.04. The molecule has 0 spiro atoms. The van der Waals surface area contributed by atoms with Gasteiger partial charge in [-0.15, -0.1) is 0 Å². The van der Waals surface area contributed by atoms with E-state index in [2.05, 4.69) is 5.32 Å². The molecule has 0 bridgehead atoms. The normalized spacial score (nSPS) is 13.1. The molecule has 112 valence electrons. The second-order valence-electron chi connectivity index (χ2n) is 5.09. The Bertz CT molecular complexity index is 680. The lowest BCUT2D eigenvalue weighted by atomic mass is 10.1. The Labute approximate surface area is 126 Å². The van der Waals surface area contributed by atoms with E-state index in [0.717, 1.165) is 11.3 Å². The Morgan fingerprint density at radius 2 is 1.52 bits per heavy atom. The van der Waals surface area contributed by atoms with Crippen LogP contribution in [-0.2, 0) is 10.0 Å². The Balaban J connectivity index is 2.16. The molecule has 1 atom stereocenters. The van der Waals surface area contributed by atoms with Crippen LogP contribution in [0.2, 0.25) is 0 Å². The molecule has 0 saturated carbocycles. The summed E-state index contributed by atoms with van der Waals surface area (Å²) in [4.78, 5) is 0.308. The first-order valence-electron chi connectivity index (χ1n) is 6.75. The van der Waals surface area contributed by atoms with Crippen molar-refractivity contribution in [1.82, 2.24) is 4.31 Å². The summed E-state index contributed by atoms with van der Waals surface area (Å²) in [5.41, 5.74) is 2.08. The summed E-state index contributed by atoms with van der Waals surface area (Å²) in [5.74, 6) is 0. The number of rotatable bonds is 5. The highest BCUT2D eigenvalue weighted by molar-refractivity contribution is 7.89. The van der Waals surface area contributed by atoms with Gasteiger partial charge < -0.3 is 5.32 Å². The second kappa shape index (κ2) is 6.28. The maximum atomic E-state index is 12.0. The summed E-state index contributed by atoms with van der Waals surface area (Å²) in [7, 11) is -0.304. The highest BCUT2D eigenvalue weighted by atomic mass is 32.2. The van der Waals surface area contributed by atoms with Crippen molar-refractivity contribution in [3.8, 4) is 0 Å². The lowest BCUT2D eigenvalue weighted by Gasteiger charge is -2.17. The van der Waals surface area contributed by atoms with Gasteiger partial charge >= 0.3 is 0 Å². The average Bonchev–Trinajstić information content (AvgIpc) is 2.48. The summed E-state index contributed by atoms with van der Waals surface area (Å²) in [6.07, 6.45) is 0. The Kier molecular flexibility index (Phi) is 4.65. The molecule has 2 aromatic rings. The summed E-state index contributed by atoms with van der Waals surface area (Å²) in [5, 5.41) is 3.38. The summed E-state index contributed by atoms with van der Waals surface area (Å²) in [6, 6.07) is 17.0. The Morgan fingerprint density at radius 1 is 0.952 bits per heavy atom. The van der Waals surface area contributed by atoms with E-state index in [1.165, 1.54) is 18.4 Å². The predicted octanol–water partition coefficient (Wildman–Crippen LogP) is 3.11. The molecule has 0 radical (unpaired) electrons. The minimum atomic E-state index is -3.37. The van der Waals surface area contributed by atoms with E-state index in [4.69, 9.17) is 0 Å². The van der Waals surface area contributed by atoms with Crippen molar-refractivity contribution in [3.05, 3.63) is 60.2 Å². The zero-order valence-electron chi connectivity index (χ0n) is 12.4. The van der Waals surface area contributed by atoms with Gasteiger partial charge in [0.05, 0.1) is 4.90 Å². The quantitative estimate of drug-likeness (QED) is 0.923. The van der Waals surface area contributed by atoms with E-state index in [1.807, 2.05) is 49.4 Å². The molecule has 0 unspecified atom stereocenters. The molecular weight excluding hydrogens is 284 g/mol. The first-order valence-corrected chi connectivity index (χ1v) is 8.19. The van der Waals surface area contributed by atoms with Gasteiger partial charge in [0.1, 0.15) is 0 Å². The van der Waals surface area contributed by atoms with Gasteiger partial charge in [0.25, 0.3) is 0 Å². The molecule has 0 amide bonds. The Morgan fingerprint density at radius 3 is 2.05 bits per heavy atom. The zero-order chi connectivity index (χ0) is 15.5. The van der Waals surface area contributed by atoms with Crippen LogP contribution in [0.25, 0.3) is 0 Å². The molecule has 0 fully saturated rings. The molecule has 2 rings (SSSR count). The second-order valence-corrected chi connectivity index (χ2v) is 7.24. The van der Waals surface area contributed by atoms with Gasteiger partial charge in [-0.1, -0.05) is 30.3 Å². The monoisotopic (exact) mass is 304 g/mol. The van der Waals surface area contributed by atoms with E-state index in [-0.39, 0.29) is 6.04 Å². The molecule has 0 aliphatic carbocycles. The van der Waals surface area contributed by atoms with Crippen molar-refractivity contribution in [2.75, 3.05) is 19.4 Å². The van der Waals surface area contributed by atoms with Crippen molar-refractivity contribution < 1.29 is 8.42 Å². The van der Waals surface area contributed by atoms with Gasteiger partial charge in [-0.2, -0.15) is 0 Å². The van der Waals surface area contributed by atoms with E-state index >= 15 is 0 Å². The maximum absolute atomic E-state index is 12.0. The standard InChI is InChI=1S/C16H20N2O2S/c1-13(17-15-7-5-4-6-8-15)14-9-11-16(12-10-14)21(19,20)18(2)3/h4-13,17H,1-3H3/t13-/m0/s1. The number of anilines is 1. The van der Waals surface area contributed by atoms with Crippen LogP contribution >= 0.6 is 0 Å². The van der Waals surface area contributed by atoms with Gasteiger partial charge in [-0.3, -0.25) is 0 Å². The van der Waals surface area contributed by atoms with Gasteiger partial charge in [0.2, 0.25) is 10.0 Å². The van der Waals surface area contributed by atoms with Crippen molar-refractivity contribution >= 4 is 15.7 Å². The molecule has 1 N–H and O–H groups in total. The average molecular weight is 304 g/mol. The van der Waals surface area contributed by atoms with Crippen LogP contribution < -0.4 is 5.32 Å². The van der Waals surface area contributed by atoms with Crippen LogP contribution in [0.1, 0.15) is 18.5 Å². The number of nitrogens with one attached hydrogen (secondary N) is 1. The third-order valence-electron chi connectivity index (χ3n) is 3.32. The van der Waals surface area contributed by atoms with Gasteiger partial charge in [-0.25, -0.2) is 12.7 Å². The maximum Gasteiger partial charge on any atom is 0.242 e. The third-order valence-corrected chi connectivity index (χ3v) is 5.14. The summed E-state index contributed by atoms with van der Waals surface area (Å²) < 4.78 is 25.2. The number of hydrogen-bond donors (Lipinski definition) is 1. The van der Waals surface area contributed by atoms with E-state index in [1.54, 1.807) is 12.1 Å². The Hall–Kier alpha value is -1.85. The molecule has 21 heavy (non-hydrogen) atoms. The molecule has 2 aromatic carbocycles. The van der Waals surface area contributed by atoms with Crippen LogP contribution in [-0.4, -0.2) is 26.8 Å². The molecule has 0 aromatic heterocycles. The van der Waals surface area contributed by atoms with Crippen molar-refractivity contribution in [1.29, 1.82) is 0 Å². The fourth-order valence-electron chi connectivity index (χ4n) is 2.01. The largest absolute Gasteiger partial charge is 0.379 e. The number of para-hydroxylation sites is 1. The van der Waals surface area contributed by atoms with Gasteiger partial charge in [0, 0.05) is 25.8 Å². The number of hydrogen-bond acceptors (Lipinski definition) is 3. The molecular formula is C16H20N2O2S. The molecule has 0 heterocycles. The van der Waals surface area contributed by atoms with Crippen LogP contribution in [0.4, 0.5) is 5.69 Å². The number of nitrogens with zero attached hydrogens (tertiary/aromatic N) is 1. The molecule has 0 saturated heterocycles. The lowest BCUT2D eigenvalue weighted by Crippen LogP contribution is -2.22. The summed E-state index contributed by atoms with van der Waals surface area (Å²) >= 11 is 0. The van der Waals surface area contributed by atoms with Gasteiger partial charge in [0.15, 0.2) is 0 Å². The van der Waals surface area contributed by atoms with E-state index in [0.29, 0.717) is 4.90 Å². The minimum absolute atomic E-state index is 0.100. The topological polar surface area (TPSA) is 49.4 Å². The molecule has 4 nitrogen and oxygen atoms in total. The highest BCUT2D eigenvalue weighted by Gasteiger charge is 2.17. The van der Waals surface area contributed by atoms with Crippen molar-refractivity contribution in [2.24, 2.45) is 0 Å². The van der Waals surface area contributed by atoms with E-state index in [9.17, 15) is 8.42 Å². The smallest absolute Gasteiger partial charge is 0.242 e. The first kappa shape index (κ1) is 15.5. The fraction of sp³-hybridized carbons (Fsp3) is 0.250. The zero-order valence-corrected chi connectivity index (χ0v) is 13.3. The number of sulfonamides is 1.